The summed E-state index contributed by atoms with van der Waals surface area (Å²) in [6.07, 6.45) is 2.07. The number of carbonyl (C=O) groups is 1. The third-order valence-electron chi connectivity index (χ3n) is 3.60. The molecule has 1 aliphatic heterocycles. The van der Waals surface area contributed by atoms with Crippen molar-refractivity contribution in [3.63, 3.8) is 0 Å². The average molecular weight is 256 g/mol. The standard InChI is InChI=1S/C12H24N4O2/c1-4-16-7-5-6-9(8-16)14-11(17)12(2,3)10(13)15-18/h9,18H,4-8H2,1-3H3,(H2,13,15)(H,14,17). The molecule has 0 aromatic rings. The first kappa shape index (κ1) is 14.8. The van der Waals surface area contributed by atoms with E-state index in [0.717, 1.165) is 32.5 Å². The second-order valence-corrected chi connectivity index (χ2v) is 5.32. The molecule has 1 fully saturated rings. The number of likely N-dealkylation sites (tertiary alicyclic amines) is 1. The first-order chi connectivity index (χ1) is 8.41. The molecule has 4 N–H and O–H groups in total. The van der Waals surface area contributed by atoms with Gasteiger partial charge in [0.05, 0.1) is 0 Å². The second-order valence-electron chi connectivity index (χ2n) is 5.32. The van der Waals surface area contributed by atoms with Crippen LogP contribution in [0.2, 0.25) is 0 Å². The summed E-state index contributed by atoms with van der Waals surface area (Å²) < 4.78 is 0. The number of hydrogen-bond donors (Lipinski definition) is 3. The second kappa shape index (κ2) is 6.04. The highest BCUT2D eigenvalue weighted by Crippen LogP contribution is 2.17. The lowest BCUT2D eigenvalue weighted by Gasteiger charge is -2.34. The number of amidine groups is 1. The van der Waals surface area contributed by atoms with Crippen molar-refractivity contribution in [3.8, 4) is 0 Å². The van der Waals surface area contributed by atoms with Crippen LogP contribution in [0.1, 0.15) is 33.6 Å². The Bertz CT molecular complexity index is 328. The van der Waals surface area contributed by atoms with E-state index in [1.165, 1.54) is 0 Å². The summed E-state index contributed by atoms with van der Waals surface area (Å²) in [5, 5.41) is 14.6. The van der Waals surface area contributed by atoms with Crippen LogP contribution < -0.4 is 11.1 Å². The maximum Gasteiger partial charge on any atom is 0.233 e. The van der Waals surface area contributed by atoms with Crippen LogP contribution in [0.4, 0.5) is 0 Å². The zero-order chi connectivity index (χ0) is 13.8. The van der Waals surface area contributed by atoms with Gasteiger partial charge in [0.15, 0.2) is 5.84 Å². The molecule has 1 heterocycles. The summed E-state index contributed by atoms with van der Waals surface area (Å²) in [5.41, 5.74) is 4.56. The fourth-order valence-electron chi connectivity index (χ4n) is 2.07. The highest BCUT2D eigenvalue weighted by molar-refractivity contribution is 6.05. The molecule has 104 valence electrons. The van der Waals surface area contributed by atoms with Crippen molar-refractivity contribution < 1.29 is 10.0 Å². The lowest BCUT2D eigenvalue weighted by atomic mass is 9.90. The summed E-state index contributed by atoms with van der Waals surface area (Å²) in [5.74, 6) is -0.260. The minimum absolute atomic E-state index is 0.0665. The molecule has 18 heavy (non-hydrogen) atoms. The summed E-state index contributed by atoms with van der Waals surface area (Å²) in [7, 11) is 0. The van der Waals surface area contributed by atoms with E-state index in [1.54, 1.807) is 13.8 Å². The average Bonchev–Trinajstić information content (AvgIpc) is 2.37. The van der Waals surface area contributed by atoms with Gasteiger partial charge in [-0.2, -0.15) is 0 Å². The SMILES string of the molecule is CCN1CCCC(NC(=O)C(C)(C)C(N)=NO)C1. The van der Waals surface area contributed by atoms with Gasteiger partial charge in [-0.1, -0.05) is 12.1 Å². The van der Waals surface area contributed by atoms with E-state index in [-0.39, 0.29) is 17.8 Å². The Morgan fingerprint density at radius 2 is 2.28 bits per heavy atom. The van der Waals surface area contributed by atoms with Crippen LogP contribution in [-0.4, -0.2) is 47.5 Å². The fraction of sp³-hybridized carbons (Fsp3) is 0.833. The van der Waals surface area contributed by atoms with Gasteiger partial charge < -0.3 is 21.2 Å². The van der Waals surface area contributed by atoms with Crippen LogP contribution in [0.25, 0.3) is 0 Å². The van der Waals surface area contributed by atoms with Crippen molar-refractivity contribution in [2.24, 2.45) is 16.3 Å². The molecule has 0 radical (unpaired) electrons. The molecule has 1 saturated heterocycles. The number of hydrogen-bond acceptors (Lipinski definition) is 4. The van der Waals surface area contributed by atoms with Crippen LogP contribution in [0.3, 0.4) is 0 Å². The quantitative estimate of drug-likeness (QED) is 0.293. The summed E-state index contributed by atoms with van der Waals surface area (Å²) in [6.45, 7) is 8.37. The number of rotatable bonds is 4. The van der Waals surface area contributed by atoms with E-state index in [2.05, 4.69) is 22.3 Å². The molecule has 1 aliphatic rings. The van der Waals surface area contributed by atoms with Crippen LogP contribution >= 0.6 is 0 Å². The molecule has 1 amide bonds. The van der Waals surface area contributed by atoms with E-state index < -0.39 is 5.41 Å². The Morgan fingerprint density at radius 1 is 1.61 bits per heavy atom. The van der Waals surface area contributed by atoms with Gasteiger partial charge in [-0.05, 0) is 39.8 Å². The van der Waals surface area contributed by atoms with Gasteiger partial charge in [-0.15, -0.1) is 0 Å². The van der Waals surface area contributed by atoms with Crippen molar-refractivity contribution >= 4 is 11.7 Å². The molecule has 0 aromatic carbocycles. The minimum atomic E-state index is -0.983. The Balaban J connectivity index is 2.59. The zero-order valence-corrected chi connectivity index (χ0v) is 11.4. The molecular formula is C12H24N4O2. The Kier molecular flexibility index (Phi) is 4.95. The van der Waals surface area contributed by atoms with Crippen molar-refractivity contribution in [2.75, 3.05) is 19.6 Å². The lowest BCUT2D eigenvalue weighted by Crippen LogP contribution is -2.53. The molecular weight excluding hydrogens is 232 g/mol. The number of nitrogens with zero attached hydrogens (tertiary/aromatic N) is 2. The van der Waals surface area contributed by atoms with E-state index in [0.29, 0.717) is 0 Å². The fourth-order valence-corrected chi connectivity index (χ4v) is 2.07. The van der Waals surface area contributed by atoms with Gasteiger partial charge >= 0.3 is 0 Å². The van der Waals surface area contributed by atoms with Crippen LogP contribution in [0.15, 0.2) is 5.16 Å². The maximum atomic E-state index is 12.1. The van der Waals surface area contributed by atoms with Gasteiger partial charge in [0, 0.05) is 12.6 Å². The van der Waals surface area contributed by atoms with E-state index in [1.807, 2.05) is 0 Å². The highest BCUT2D eigenvalue weighted by Gasteiger charge is 2.34. The summed E-state index contributed by atoms with van der Waals surface area (Å²) >= 11 is 0. The minimum Gasteiger partial charge on any atom is -0.409 e. The van der Waals surface area contributed by atoms with Crippen LogP contribution in [0.5, 0.6) is 0 Å². The van der Waals surface area contributed by atoms with Crippen molar-refractivity contribution in [3.05, 3.63) is 0 Å². The predicted molar refractivity (Wildman–Crippen MR) is 70.5 cm³/mol. The first-order valence-electron chi connectivity index (χ1n) is 6.43. The number of carbonyl (C=O) groups excluding carboxylic acids is 1. The van der Waals surface area contributed by atoms with Crippen molar-refractivity contribution in [1.82, 2.24) is 10.2 Å². The number of piperidine rings is 1. The Morgan fingerprint density at radius 3 is 2.83 bits per heavy atom. The molecule has 6 heteroatoms. The summed E-state index contributed by atoms with van der Waals surface area (Å²) in [4.78, 5) is 14.4. The lowest BCUT2D eigenvalue weighted by molar-refractivity contribution is -0.127. The molecule has 1 rings (SSSR count). The zero-order valence-electron chi connectivity index (χ0n) is 11.4. The Hall–Kier alpha value is -1.30. The van der Waals surface area contributed by atoms with Crippen LogP contribution in [0, 0.1) is 5.41 Å². The van der Waals surface area contributed by atoms with E-state index >= 15 is 0 Å². The van der Waals surface area contributed by atoms with Gasteiger partial charge in [-0.3, -0.25) is 4.79 Å². The monoisotopic (exact) mass is 256 g/mol. The van der Waals surface area contributed by atoms with Gasteiger partial charge in [0.25, 0.3) is 0 Å². The Labute approximate surface area is 108 Å². The van der Waals surface area contributed by atoms with Gasteiger partial charge in [-0.25, -0.2) is 0 Å². The third kappa shape index (κ3) is 3.35. The van der Waals surface area contributed by atoms with Crippen LogP contribution in [-0.2, 0) is 4.79 Å². The van der Waals surface area contributed by atoms with E-state index in [4.69, 9.17) is 10.9 Å². The van der Waals surface area contributed by atoms with Crippen molar-refractivity contribution in [2.45, 2.75) is 39.7 Å². The molecule has 0 bridgehead atoms. The highest BCUT2D eigenvalue weighted by atomic mass is 16.4. The molecule has 0 aliphatic carbocycles. The molecule has 0 spiro atoms. The molecule has 1 atom stereocenters. The van der Waals surface area contributed by atoms with Crippen molar-refractivity contribution in [1.29, 1.82) is 0 Å². The third-order valence-corrected chi connectivity index (χ3v) is 3.60. The van der Waals surface area contributed by atoms with Gasteiger partial charge in [0.1, 0.15) is 5.41 Å². The molecule has 1 unspecified atom stereocenters. The molecule has 0 saturated carbocycles. The maximum absolute atomic E-state index is 12.1. The van der Waals surface area contributed by atoms with Gasteiger partial charge in [0.2, 0.25) is 5.91 Å². The van der Waals surface area contributed by atoms with E-state index in [9.17, 15) is 4.79 Å². The number of likely N-dealkylation sites (N-methyl/N-ethyl adjacent to an activating group) is 1. The number of oxime groups is 1. The predicted octanol–water partition coefficient (Wildman–Crippen LogP) is 0.360. The first-order valence-corrected chi connectivity index (χ1v) is 6.43. The number of nitrogens with one attached hydrogen (secondary N) is 1. The number of amides is 1. The topological polar surface area (TPSA) is 91.0 Å². The largest absolute Gasteiger partial charge is 0.409 e. The summed E-state index contributed by atoms with van der Waals surface area (Å²) in [6, 6.07) is 0.150. The normalized spacial score (nSPS) is 22.8. The molecule has 6 nitrogen and oxygen atoms in total. The number of nitrogens with two attached hydrogens (primary N) is 1. The smallest absolute Gasteiger partial charge is 0.233 e. The molecule has 0 aromatic heterocycles.